The number of pyridine rings is 1. The molecule has 6 rings (SSSR count). The van der Waals surface area contributed by atoms with Gasteiger partial charge in [0.2, 0.25) is 5.91 Å². The smallest absolute Gasteiger partial charge is 0.379 e. The van der Waals surface area contributed by atoms with E-state index in [4.69, 9.17) is 9.47 Å². The van der Waals surface area contributed by atoms with Crippen molar-refractivity contribution in [1.82, 2.24) is 15.2 Å². The second kappa shape index (κ2) is 8.18. The number of alkyl halides is 3. The maximum absolute atomic E-state index is 13.8. The number of aromatic nitrogens is 1. The fraction of sp³-hybridized carbons (Fsp3) is 0.680. The molecular formula is C25H31F3N4O3. The number of carbonyl (C=O) groups is 1. The number of nitrogens with zero attached hydrogens (tertiary/aromatic N) is 3. The number of carbonyl (C=O) groups excluding carboxylic acids is 1. The van der Waals surface area contributed by atoms with E-state index >= 15 is 0 Å². The summed E-state index contributed by atoms with van der Waals surface area (Å²) in [6.07, 6.45) is 3.33. The molecule has 4 fully saturated rings. The van der Waals surface area contributed by atoms with Crippen LogP contribution in [-0.2, 0) is 20.4 Å². The molecule has 7 nitrogen and oxygen atoms in total. The first-order valence-corrected chi connectivity index (χ1v) is 12.4. The van der Waals surface area contributed by atoms with Gasteiger partial charge in [-0.15, -0.1) is 0 Å². The number of amides is 1. The first kappa shape index (κ1) is 23.2. The molecule has 1 aromatic heterocycles. The number of ether oxygens (including phenoxy) is 2. The Kier molecular flexibility index (Phi) is 5.43. The highest BCUT2D eigenvalue weighted by Crippen LogP contribution is 2.56. The van der Waals surface area contributed by atoms with Crippen molar-refractivity contribution in [3.8, 4) is 0 Å². The van der Waals surface area contributed by atoms with Gasteiger partial charge in [-0.2, -0.15) is 13.2 Å². The van der Waals surface area contributed by atoms with Crippen molar-refractivity contribution in [2.75, 3.05) is 31.8 Å². The number of halogens is 3. The van der Waals surface area contributed by atoms with Gasteiger partial charge in [0.05, 0.1) is 41.8 Å². The Balaban J connectivity index is 1.21. The number of piperazine rings is 1. The summed E-state index contributed by atoms with van der Waals surface area (Å²) in [5.74, 6) is 0.559. The van der Waals surface area contributed by atoms with Gasteiger partial charge < -0.3 is 24.6 Å². The molecule has 5 aliphatic rings. The highest BCUT2D eigenvalue weighted by molar-refractivity contribution is 5.90. The van der Waals surface area contributed by atoms with Crippen LogP contribution < -0.4 is 10.2 Å². The van der Waals surface area contributed by atoms with Crippen molar-refractivity contribution < 1.29 is 27.4 Å². The van der Waals surface area contributed by atoms with Crippen LogP contribution in [-0.4, -0.2) is 79.0 Å². The molecule has 10 heteroatoms. The lowest BCUT2D eigenvalue weighted by molar-refractivity contribution is -0.137. The van der Waals surface area contributed by atoms with Crippen molar-refractivity contribution in [3.63, 3.8) is 0 Å². The quantitative estimate of drug-likeness (QED) is 0.652. The molecule has 1 aromatic rings. The maximum Gasteiger partial charge on any atom is 0.416 e. The Morgan fingerprint density at radius 1 is 1.34 bits per heavy atom. The van der Waals surface area contributed by atoms with Crippen molar-refractivity contribution in [3.05, 3.63) is 36.0 Å². The second-order valence-corrected chi connectivity index (χ2v) is 10.6. The predicted molar refractivity (Wildman–Crippen MR) is 122 cm³/mol. The number of hydrogen-bond acceptors (Lipinski definition) is 6. The fourth-order valence-corrected chi connectivity index (χ4v) is 7.24. The summed E-state index contributed by atoms with van der Waals surface area (Å²) in [6, 6.07) is 2.33. The minimum atomic E-state index is -4.41. The van der Waals surface area contributed by atoms with Gasteiger partial charge in [0.15, 0.2) is 0 Å². The van der Waals surface area contributed by atoms with Crippen LogP contribution in [0.1, 0.15) is 31.7 Å². The van der Waals surface area contributed by atoms with E-state index in [1.54, 1.807) is 7.11 Å². The summed E-state index contributed by atoms with van der Waals surface area (Å²) >= 11 is 0. The van der Waals surface area contributed by atoms with Crippen LogP contribution in [0.5, 0.6) is 0 Å². The van der Waals surface area contributed by atoms with Gasteiger partial charge in [-0.25, -0.2) is 4.98 Å². The summed E-state index contributed by atoms with van der Waals surface area (Å²) < 4.78 is 51.0. The Hall–Kier alpha value is -2.17. The lowest BCUT2D eigenvalue weighted by Gasteiger charge is -2.39. The third kappa shape index (κ3) is 3.51. The standard InChI is InChI=1S/C25H31F3N4O3/c1-14-22-19-10-17(12-31(19)21-9-15(4-7-29-21)25(26,27)28)32(22)23(33)24(14)6-3-16(11-24)30-18-5-8-35-13-20(18)34-2/h3-4,6-7,9,14,16-20,22,30H,5,8,10-13H2,1-2H3/t14?,16-,17+,18+,19+,20-,22?,24+/m1/s1. The number of nitrogens with one attached hydrogen (secondary N) is 1. The van der Waals surface area contributed by atoms with E-state index in [2.05, 4.69) is 29.4 Å². The van der Waals surface area contributed by atoms with Gasteiger partial charge in [-0.3, -0.25) is 4.79 Å². The second-order valence-electron chi connectivity index (χ2n) is 10.6. The number of methoxy groups -OCH3 is 1. The van der Waals surface area contributed by atoms with Crippen LogP contribution in [0.4, 0.5) is 19.0 Å². The molecule has 35 heavy (non-hydrogen) atoms. The zero-order valence-electron chi connectivity index (χ0n) is 19.9. The summed E-state index contributed by atoms with van der Waals surface area (Å²) in [6.45, 7) is 3.89. The summed E-state index contributed by atoms with van der Waals surface area (Å²) in [5, 5.41) is 3.68. The summed E-state index contributed by atoms with van der Waals surface area (Å²) in [5.41, 5.74) is -1.27. The average molecular weight is 493 g/mol. The molecule has 2 bridgehead atoms. The van der Waals surface area contributed by atoms with Gasteiger partial charge in [0.1, 0.15) is 5.82 Å². The van der Waals surface area contributed by atoms with Crippen LogP contribution in [0.15, 0.2) is 30.5 Å². The molecule has 1 N–H and O–H groups in total. The van der Waals surface area contributed by atoms with Crippen molar-refractivity contribution >= 4 is 11.7 Å². The van der Waals surface area contributed by atoms with E-state index in [1.807, 2.05) is 9.80 Å². The molecule has 1 aliphatic carbocycles. The van der Waals surface area contributed by atoms with E-state index in [0.29, 0.717) is 32.0 Å². The molecule has 0 radical (unpaired) electrons. The van der Waals surface area contributed by atoms with Gasteiger partial charge in [-0.1, -0.05) is 19.1 Å². The molecule has 4 saturated heterocycles. The zero-order chi connectivity index (χ0) is 24.5. The SMILES string of the molecule is CO[C@@H]1COCC[C@@H]1N[C@@H]1C=C[C@@]2(C1)C(=O)N1C(C2C)[C@@H]2C[C@H]1CN2c1cc(C(F)(F)F)ccn1. The lowest BCUT2D eigenvalue weighted by atomic mass is 9.73. The van der Waals surface area contributed by atoms with Crippen LogP contribution in [0.25, 0.3) is 0 Å². The Labute approximate surface area is 202 Å². The molecule has 1 spiro atoms. The van der Waals surface area contributed by atoms with Crippen molar-refractivity contribution in [2.24, 2.45) is 11.3 Å². The number of anilines is 1. The van der Waals surface area contributed by atoms with Gasteiger partial charge in [-0.05, 0) is 37.3 Å². The van der Waals surface area contributed by atoms with Gasteiger partial charge >= 0.3 is 6.18 Å². The van der Waals surface area contributed by atoms with Crippen LogP contribution >= 0.6 is 0 Å². The third-order valence-electron chi connectivity index (χ3n) is 8.97. The van der Waals surface area contributed by atoms with Crippen molar-refractivity contribution in [2.45, 2.75) is 68.7 Å². The predicted octanol–water partition coefficient (Wildman–Crippen LogP) is 2.62. The monoisotopic (exact) mass is 492 g/mol. The molecular weight excluding hydrogens is 461 g/mol. The molecule has 0 aromatic carbocycles. The van der Waals surface area contributed by atoms with Gasteiger partial charge in [0.25, 0.3) is 0 Å². The summed E-state index contributed by atoms with van der Waals surface area (Å²) in [7, 11) is 1.69. The number of fused-ring (bicyclic) bond motifs is 5. The summed E-state index contributed by atoms with van der Waals surface area (Å²) in [4.78, 5) is 22.1. The van der Waals surface area contributed by atoms with Crippen molar-refractivity contribution in [1.29, 1.82) is 0 Å². The minimum Gasteiger partial charge on any atom is -0.379 e. The molecule has 4 aliphatic heterocycles. The number of hydrogen-bond donors (Lipinski definition) is 1. The van der Waals surface area contributed by atoms with E-state index in [0.717, 1.165) is 25.0 Å². The highest BCUT2D eigenvalue weighted by atomic mass is 19.4. The molecule has 0 saturated carbocycles. The fourth-order valence-electron chi connectivity index (χ4n) is 7.24. The van der Waals surface area contributed by atoms with E-state index in [-0.39, 0.29) is 48.1 Å². The van der Waals surface area contributed by atoms with Crippen LogP contribution in [0.3, 0.4) is 0 Å². The molecule has 8 atom stereocenters. The molecule has 1 amide bonds. The third-order valence-corrected chi connectivity index (χ3v) is 8.97. The van der Waals surface area contributed by atoms with E-state index in [9.17, 15) is 18.0 Å². The molecule has 190 valence electrons. The number of rotatable bonds is 4. The first-order chi connectivity index (χ1) is 16.7. The van der Waals surface area contributed by atoms with Crippen LogP contribution in [0.2, 0.25) is 0 Å². The highest BCUT2D eigenvalue weighted by Gasteiger charge is 2.67. The maximum atomic E-state index is 13.8. The van der Waals surface area contributed by atoms with Gasteiger partial charge in [0, 0.05) is 38.5 Å². The first-order valence-electron chi connectivity index (χ1n) is 12.4. The van der Waals surface area contributed by atoms with E-state index in [1.165, 1.54) is 6.20 Å². The van der Waals surface area contributed by atoms with Crippen LogP contribution in [0, 0.1) is 11.3 Å². The van der Waals surface area contributed by atoms with E-state index < -0.39 is 17.2 Å². The Bertz CT molecular complexity index is 1040. The Morgan fingerprint density at radius 2 is 2.17 bits per heavy atom. The minimum absolute atomic E-state index is 0.00411. The lowest BCUT2D eigenvalue weighted by Crippen LogP contribution is -2.53. The molecule has 5 heterocycles. The average Bonchev–Trinajstić information content (AvgIpc) is 3.60. The normalized spacial score (nSPS) is 40.4. The Morgan fingerprint density at radius 3 is 2.94 bits per heavy atom. The topological polar surface area (TPSA) is 66.9 Å². The largest absolute Gasteiger partial charge is 0.416 e. The molecule has 2 unspecified atom stereocenters. The zero-order valence-corrected chi connectivity index (χ0v) is 19.9.